The lowest BCUT2D eigenvalue weighted by atomic mass is 10.1. The van der Waals surface area contributed by atoms with E-state index in [-0.39, 0.29) is 16.6 Å². The monoisotopic (exact) mass is 262 g/mol. The van der Waals surface area contributed by atoms with Crippen LogP contribution in [0.4, 0.5) is 4.39 Å². The molecule has 0 aliphatic rings. The van der Waals surface area contributed by atoms with Crippen LogP contribution in [0.1, 0.15) is 15.9 Å². The summed E-state index contributed by atoms with van der Waals surface area (Å²) in [4.78, 5) is 10.8. The van der Waals surface area contributed by atoms with Gasteiger partial charge < -0.3 is 9.84 Å². The Balaban J connectivity index is 3.40. The summed E-state index contributed by atoms with van der Waals surface area (Å²) in [5.74, 6) is -1.61. The molecule has 0 bridgehead atoms. The minimum Gasteiger partial charge on any atom is -0.496 e. The van der Waals surface area contributed by atoms with E-state index in [9.17, 15) is 9.18 Å². The van der Waals surface area contributed by atoms with E-state index < -0.39 is 11.8 Å². The van der Waals surface area contributed by atoms with E-state index in [1.54, 1.807) is 0 Å². The quantitative estimate of drug-likeness (QED) is 0.852. The second kappa shape index (κ2) is 4.41. The number of halogens is 2. The highest BCUT2D eigenvalue weighted by Gasteiger charge is 2.17. The Hall–Kier alpha value is -1.10. The van der Waals surface area contributed by atoms with E-state index in [0.29, 0.717) is 5.56 Å². The number of methoxy groups -OCH3 is 1. The van der Waals surface area contributed by atoms with Crippen LogP contribution >= 0.6 is 15.9 Å². The first-order valence-electron chi connectivity index (χ1n) is 3.75. The average Bonchev–Trinajstić information content (AvgIpc) is 2.15. The van der Waals surface area contributed by atoms with Gasteiger partial charge in [-0.1, -0.05) is 15.9 Å². The van der Waals surface area contributed by atoms with Crippen LogP contribution in [0.5, 0.6) is 5.75 Å². The first kappa shape index (κ1) is 11.0. The van der Waals surface area contributed by atoms with Crippen molar-refractivity contribution in [2.45, 2.75) is 5.33 Å². The molecular weight excluding hydrogens is 255 g/mol. The number of benzene rings is 1. The Morgan fingerprint density at radius 3 is 2.71 bits per heavy atom. The van der Waals surface area contributed by atoms with Gasteiger partial charge in [0.2, 0.25) is 0 Å². The fourth-order valence-electron chi connectivity index (χ4n) is 1.15. The summed E-state index contributed by atoms with van der Waals surface area (Å²) < 4.78 is 17.7. The van der Waals surface area contributed by atoms with E-state index in [1.807, 2.05) is 0 Å². The molecule has 1 rings (SSSR count). The molecule has 0 amide bonds. The molecular formula is C9H8BrFO3. The largest absolute Gasteiger partial charge is 0.496 e. The lowest BCUT2D eigenvalue weighted by molar-refractivity contribution is 0.0692. The van der Waals surface area contributed by atoms with Gasteiger partial charge in [-0.25, -0.2) is 9.18 Å². The summed E-state index contributed by atoms with van der Waals surface area (Å²) in [5.41, 5.74) is 0.347. The van der Waals surface area contributed by atoms with Crippen molar-refractivity contribution in [2.24, 2.45) is 0 Å². The highest BCUT2D eigenvalue weighted by Crippen LogP contribution is 2.25. The first-order chi connectivity index (χ1) is 6.60. The molecule has 0 aromatic heterocycles. The summed E-state index contributed by atoms with van der Waals surface area (Å²) in [6, 6.07) is 2.22. The molecule has 0 radical (unpaired) electrons. The highest BCUT2D eigenvalue weighted by molar-refractivity contribution is 9.08. The normalized spacial score (nSPS) is 9.93. The van der Waals surface area contributed by atoms with Crippen LogP contribution in [0.3, 0.4) is 0 Å². The van der Waals surface area contributed by atoms with Gasteiger partial charge in [0.15, 0.2) is 0 Å². The molecule has 0 saturated heterocycles. The fourth-order valence-corrected chi connectivity index (χ4v) is 1.59. The third-order valence-electron chi connectivity index (χ3n) is 1.73. The topological polar surface area (TPSA) is 46.5 Å². The van der Waals surface area contributed by atoms with Crippen molar-refractivity contribution in [3.63, 3.8) is 0 Å². The first-order valence-corrected chi connectivity index (χ1v) is 4.88. The molecule has 0 atom stereocenters. The van der Waals surface area contributed by atoms with Gasteiger partial charge in [0.1, 0.15) is 17.1 Å². The molecule has 76 valence electrons. The molecule has 0 aliphatic heterocycles. The van der Waals surface area contributed by atoms with Crippen LogP contribution in [0.2, 0.25) is 0 Å². The molecule has 3 nitrogen and oxygen atoms in total. The second-order valence-electron chi connectivity index (χ2n) is 2.58. The van der Waals surface area contributed by atoms with Gasteiger partial charge >= 0.3 is 5.97 Å². The minimum atomic E-state index is -1.13. The van der Waals surface area contributed by atoms with Crippen molar-refractivity contribution in [1.29, 1.82) is 0 Å². The van der Waals surface area contributed by atoms with Crippen molar-refractivity contribution in [1.82, 2.24) is 0 Å². The number of hydrogen-bond donors (Lipinski definition) is 1. The Kier molecular flexibility index (Phi) is 3.46. The minimum absolute atomic E-state index is 0.00854. The standard InChI is InChI=1S/C9H8BrFO3/c1-14-7-3-6(11)2-5(4-10)8(7)9(12)13/h2-3H,4H2,1H3,(H,12,13). The second-order valence-corrected chi connectivity index (χ2v) is 3.14. The number of carboxylic acids is 1. The predicted molar refractivity (Wildman–Crippen MR) is 52.5 cm³/mol. The molecule has 0 heterocycles. The van der Waals surface area contributed by atoms with Crippen molar-refractivity contribution < 1.29 is 19.0 Å². The number of rotatable bonds is 3. The van der Waals surface area contributed by atoms with Gasteiger partial charge in [0, 0.05) is 11.4 Å². The number of hydrogen-bond acceptors (Lipinski definition) is 2. The van der Waals surface area contributed by atoms with Gasteiger partial charge in [-0.05, 0) is 11.6 Å². The van der Waals surface area contributed by atoms with Crippen molar-refractivity contribution in [3.05, 3.63) is 29.1 Å². The third kappa shape index (κ3) is 2.04. The Morgan fingerprint density at radius 2 is 2.29 bits per heavy atom. The van der Waals surface area contributed by atoms with Gasteiger partial charge in [-0.15, -0.1) is 0 Å². The smallest absolute Gasteiger partial charge is 0.339 e. The lowest BCUT2D eigenvalue weighted by Crippen LogP contribution is -2.05. The maximum atomic E-state index is 13.0. The van der Waals surface area contributed by atoms with Crippen LogP contribution < -0.4 is 4.74 Å². The van der Waals surface area contributed by atoms with Crippen LogP contribution in [-0.2, 0) is 5.33 Å². The van der Waals surface area contributed by atoms with E-state index in [4.69, 9.17) is 9.84 Å². The molecule has 1 aromatic carbocycles. The molecule has 1 aromatic rings. The zero-order valence-electron chi connectivity index (χ0n) is 7.38. The van der Waals surface area contributed by atoms with Crippen molar-refractivity contribution in [2.75, 3.05) is 7.11 Å². The Bertz CT molecular complexity index is 340. The van der Waals surface area contributed by atoms with Gasteiger partial charge in [-0.3, -0.25) is 0 Å². The summed E-state index contributed by atoms with van der Waals surface area (Å²) in [7, 11) is 1.30. The molecule has 0 saturated carbocycles. The molecule has 0 unspecified atom stereocenters. The molecule has 0 spiro atoms. The molecule has 0 aliphatic carbocycles. The molecule has 14 heavy (non-hydrogen) atoms. The Morgan fingerprint density at radius 1 is 1.64 bits per heavy atom. The SMILES string of the molecule is COc1cc(F)cc(CBr)c1C(=O)O. The molecule has 1 N–H and O–H groups in total. The number of aromatic carboxylic acids is 1. The van der Waals surface area contributed by atoms with E-state index in [2.05, 4.69) is 15.9 Å². The Labute approximate surface area is 88.6 Å². The maximum absolute atomic E-state index is 13.0. The number of carboxylic acid groups (broad SMARTS) is 1. The van der Waals surface area contributed by atoms with Crippen molar-refractivity contribution in [3.8, 4) is 5.75 Å². The third-order valence-corrected chi connectivity index (χ3v) is 2.33. The molecule has 0 fully saturated rings. The highest BCUT2D eigenvalue weighted by atomic mass is 79.9. The average molecular weight is 263 g/mol. The zero-order valence-corrected chi connectivity index (χ0v) is 8.97. The molecule has 5 heteroatoms. The number of carbonyl (C=O) groups is 1. The fraction of sp³-hybridized carbons (Fsp3) is 0.222. The lowest BCUT2D eigenvalue weighted by Gasteiger charge is -2.08. The van der Waals surface area contributed by atoms with E-state index in [0.717, 1.165) is 6.07 Å². The van der Waals surface area contributed by atoms with Crippen LogP contribution in [0.15, 0.2) is 12.1 Å². The van der Waals surface area contributed by atoms with Crippen LogP contribution in [0.25, 0.3) is 0 Å². The maximum Gasteiger partial charge on any atom is 0.339 e. The van der Waals surface area contributed by atoms with Crippen LogP contribution in [0, 0.1) is 5.82 Å². The van der Waals surface area contributed by atoms with Gasteiger partial charge in [-0.2, -0.15) is 0 Å². The number of ether oxygens (including phenoxy) is 1. The van der Waals surface area contributed by atoms with E-state index in [1.165, 1.54) is 13.2 Å². The summed E-state index contributed by atoms with van der Waals surface area (Å²) >= 11 is 3.09. The van der Waals surface area contributed by atoms with Gasteiger partial charge in [0.25, 0.3) is 0 Å². The summed E-state index contributed by atoms with van der Waals surface area (Å²) in [6.45, 7) is 0. The zero-order chi connectivity index (χ0) is 10.7. The summed E-state index contributed by atoms with van der Waals surface area (Å²) in [6.07, 6.45) is 0. The van der Waals surface area contributed by atoms with Crippen molar-refractivity contribution >= 4 is 21.9 Å². The van der Waals surface area contributed by atoms with E-state index >= 15 is 0 Å². The van der Waals surface area contributed by atoms with Crippen LogP contribution in [-0.4, -0.2) is 18.2 Å². The number of alkyl halides is 1. The summed E-state index contributed by atoms with van der Waals surface area (Å²) in [5, 5.41) is 9.14. The predicted octanol–water partition coefficient (Wildman–Crippen LogP) is 2.43. The van der Waals surface area contributed by atoms with Gasteiger partial charge in [0.05, 0.1) is 7.11 Å².